The summed E-state index contributed by atoms with van der Waals surface area (Å²) in [5, 5.41) is 12.6. The van der Waals surface area contributed by atoms with E-state index in [-0.39, 0.29) is 23.3 Å². The van der Waals surface area contributed by atoms with E-state index < -0.39 is 5.97 Å². The molecule has 3 rings (SSSR count). The van der Waals surface area contributed by atoms with Gasteiger partial charge in [-0.15, -0.1) is 0 Å². The lowest BCUT2D eigenvalue weighted by Gasteiger charge is -2.26. The molecule has 1 atom stereocenters. The number of fused-ring (bicyclic) bond motifs is 1. The average Bonchev–Trinajstić information content (AvgIpc) is 2.60. The second-order valence-electron chi connectivity index (χ2n) is 5.66. The van der Waals surface area contributed by atoms with Crippen molar-refractivity contribution < 1.29 is 14.7 Å². The van der Waals surface area contributed by atoms with Crippen molar-refractivity contribution in [3.63, 3.8) is 0 Å². The predicted octanol–water partition coefficient (Wildman–Crippen LogP) is 3.07. The molecule has 124 valence electrons. The maximum atomic E-state index is 12.3. The van der Waals surface area contributed by atoms with Crippen LogP contribution in [0, 0.1) is 0 Å². The molecule has 5 nitrogen and oxygen atoms in total. The molecule has 0 aliphatic heterocycles. The van der Waals surface area contributed by atoms with Gasteiger partial charge in [0.05, 0.1) is 17.4 Å². The maximum Gasteiger partial charge on any atom is 0.338 e. The first-order chi connectivity index (χ1) is 11.6. The molecular weight excluding hydrogens is 324 g/mol. The number of rotatable bonds is 5. The third-order valence-electron chi connectivity index (χ3n) is 4.05. The number of pyridine rings is 1. The Balaban J connectivity index is 1.62. The summed E-state index contributed by atoms with van der Waals surface area (Å²) < 4.78 is 0. The Morgan fingerprint density at radius 3 is 2.92 bits per heavy atom. The molecule has 1 aliphatic rings. The number of benzene rings is 1. The van der Waals surface area contributed by atoms with Crippen LogP contribution in [0.3, 0.4) is 0 Å². The number of aromatic carboxylic acids is 1. The van der Waals surface area contributed by atoms with E-state index in [9.17, 15) is 9.59 Å². The van der Waals surface area contributed by atoms with Gasteiger partial charge < -0.3 is 10.4 Å². The SMILES string of the molecule is O=C(CSc1ncccc1C(=O)O)N[C@H]1CCCc2ccccc21. The third kappa shape index (κ3) is 3.76. The van der Waals surface area contributed by atoms with Crippen LogP contribution in [0.15, 0.2) is 47.6 Å². The monoisotopic (exact) mass is 342 g/mol. The zero-order valence-corrected chi connectivity index (χ0v) is 13.9. The minimum atomic E-state index is -1.03. The van der Waals surface area contributed by atoms with Gasteiger partial charge in [0, 0.05) is 6.20 Å². The fourth-order valence-electron chi connectivity index (χ4n) is 2.94. The standard InChI is InChI=1S/C18H18N2O3S/c21-16(11-24-17-14(18(22)23)8-4-10-19-17)20-15-9-3-6-12-5-1-2-7-13(12)15/h1-2,4-5,7-8,10,15H,3,6,9,11H2,(H,20,21)(H,22,23)/t15-/m0/s1. The van der Waals surface area contributed by atoms with Crippen molar-refractivity contribution >= 4 is 23.6 Å². The number of carboxylic acid groups (broad SMARTS) is 1. The Kier molecular flexibility index (Phi) is 5.15. The molecule has 1 aliphatic carbocycles. The Bertz CT molecular complexity index is 763. The zero-order chi connectivity index (χ0) is 16.9. The van der Waals surface area contributed by atoms with Crippen molar-refractivity contribution in [2.75, 3.05) is 5.75 Å². The molecule has 1 heterocycles. The number of carboxylic acids is 1. The van der Waals surface area contributed by atoms with Crippen molar-refractivity contribution in [1.29, 1.82) is 0 Å². The van der Waals surface area contributed by atoms with Crippen molar-refractivity contribution in [2.45, 2.75) is 30.3 Å². The first-order valence-corrected chi connectivity index (χ1v) is 8.82. The molecular formula is C18H18N2O3S. The molecule has 1 amide bonds. The number of hydrogen-bond acceptors (Lipinski definition) is 4. The fraction of sp³-hybridized carbons (Fsp3) is 0.278. The van der Waals surface area contributed by atoms with Crippen LogP contribution >= 0.6 is 11.8 Å². The highest BCUT2D eigenvalue weighted by atomic mass is 32.2. The number of amides is 1. The number of carbonyl (C=O) groups excluding carboxylic acids is 1. The van der Waals surface area contributed by atoms with Gasteiger partial charge in [0.15, 0.2) is 0 Å². The second kappa shape index (κ2) is 7.49. The topological polar surface area (TPSA) is 79.3 Å². The van der Waals surface area contributed by atoms with Crippen LogP contribution in [0.1, 0.15) is 40.4 Å². The second-order valence-corrected chi connectivity index (χ2v) is 6.63. The molecule has 1 aromatic carbocycles. The van der Waals surface area contributed by atoms with E-state index in [4.69, 9.17) is 5.11 Å². The summed E-state index contributed by atoms with van der Waals surface area (Å²) in [5.74, 6) is -0.994. The first kappa shape index (κ1) is 16.5. The molecule has 0 radical (unpaired) electrons. The van der Waals surface area contributed by atoms with Crippen LogP contribution in [-0.4, -0.2) is 27.7 Å². The molecule has 0 unspecified atom stereocenters. The summed E-state index contributed by atoms with van der Waals surface area (Å²) >= 11 is 1.15. The van der Waals surface area contributed by atoms with Gasteiger partial charge in [0.2, 0.25) is 5.91 Å². The normalized spacial score (nSPS) is 16.2. The minimum absolute atomic E-state index is 0.0331. The number of thioether (sulfide) groups is 1. The van der Waals surface area contributed by atoms with Gasteiger partial charge in [-0.3, -0.25) is 4.79 Å². The fourth-order valence-corrected chi connectivity index (χ4v) is 3.74. The molecule has 6 heteroatoms. The van der Waals surface area contributed by atoms with Gasteiger partial charge in [0.25, 0.3) is 0 Å². The summed E-state index contributed by atoms with van der Waals surface area (Å²) in [5.41, 5.74) is 2.60. The number of aryl methyl sites for hydroxylation is 1. The molecule has 2 N–H and O–H groups in total. The number of hydrogen-bond donors (Lipinski definition) is 2. The Hall–Kier alpha value is -2.34. The van der Waals surface area contributed by atoms with Crippen LogP contribution in [-0.2, 0) is 11.2 Å². The van der Waals surface area contributed by atoms with Crippen molar-refractivity contribution in [1.82, 2.24) is 10.3 Å². The van der Waals surface area contributed by atoms with Gasteiger partial charge in [-0.05, 0) is 42.5 Å². The Morgan fingerprint density at radius 1 is 1.25 bits per heavy atom. The summed E-state index contributed by atoms with van der Waals surface area (Å²) in [6.45, 7) is 0. The van der Waals surface area contributed by atoms with Crippen molar-refractivity contribution in [3.8, 4) is 0 Å². The molecule has 0 saturated carbocycles. The van der Waals surface area contributed by atoms with E-state index in [1.54, 1.807) is 6.07 Å². The average molecular weight is 342 g/mol. The van der Waals surface area contributed by atoms with Gasteiger partial charge in [0.1, 0.15) is 5.03 Å². The number of carbonyl (C=O) groups is 2. The summed E-state index contributed by atoms with van der Waals surface area (Å²) in [6, 6.07) is 11.3. The lowest BCUT2D eigenvalue weighted by atomic mass is 9.88. The highest BCUT2D eigenvalue weighted by Gasteiger charge is 2.21. The van der Waals surface area contributed by atoms with E-state index in [0.717, 1.165) is 31.0 Å². The van der Waals surface area contributed by atoms with E-state index in [0.29, 0.717) is 5.03 Å². The van der Waals surface area contributed by atoms with Gasteiger partial charge in [-0.1, -0.05) is 36.0 Å². The summed E-state index contributed by atoms with van der Waals surface area (Å²) in [7, 11) is 0. The number of aromatic nitrogens is 1. The minimum Gasteiger partial charge on any atom is -0.478 e. The molecule has 0 spiro atoms. The van der Waals surface area contributed by atoms with Crippen LogP contribution in [0.4, 0.5) is 0 Å². The summed E-state index contributed by atoms with van der Waals surface area (Å²) in [6.07, 6.45) is 4.56. The predicted molar refractivity (Wildman–Crippen MR) is 92.2 cm³/mol. The van der Waals surface area contributed by atoms with Crippen LogP contribution in [0.2, 0.25) is 0 Å². The van der Waals surface area contributed by atoms with Crippen molar-refractivity contribution in [3.05, 3.63) is 59.3 Å². The highest BCUT2D eigenvalue weighted by molar-refractivity contribution is 8.00. The van der Waals surface area contributed by atoms with E-state index in [1.165, 1.54) is 23.4 Å². The number of nitrogens with zero attached hydrogens (tertiary/aromatic N) is 1. The Labute approximate surface area is 144 Å². The quantitative estimate of drug-likeness (QED) is 0.817. The molecule has 2 aromatic rings. The van der Waals surface area contributed by atoms with Gasteiger partial charge >= 0.3 is 5.97 Å². The molecule has 0 fully saturated rings. The largest absolute Gasteiger partial charge is 0.478 e. The third-order valence-corrected chi connectivity index (χ3v) is 5.05. The highest BCUT2D eigenvalue weighted by Crippen LogP contribution is 2.29. The smallest absolute Gasteiger partial charge is 0.338 e. The molecule has 0 saturated heterocycles. The summed E-state index contributed by atoms with van der Waals surface area (Å²) in [4.78, 5) is 27.5. The van der Waals surface area contributed by atoms with Crippen LogP contribution in [0.5, 0.6) is 0 Å². The lowest BCUT2D eigenvalue weighted by molar-refractivity contribution is -0.119. The van der Waals surface area contributed by atoms with Gasteiger partial charge in [-0.2, -0.15) is 0 Å². The van der Waals surface area contributed by atoms with Crippen LogP contribution in [0.25, 0.3) is 0 Å². The van der Waals surface area contributed by atoms with Crippen molar-refractivity contribution in [2.24, 2.45) is 0 Å². The first-order valence-electron chi connectivity index (χ1n) is 7.83. The van der Waals surface area contributed by atoms with E-state index >= 15 is 0 Å². The van der Waals surface area contributed by atoms with Gasteiger partial charge in [-0.25, -0.2) is 9.78 Å². The van der Waals surface area contributed by atoms with E-state index in [2.05, 4.69) is 22.4 Å². The maximum absolute atomic E-state index is 12.3. The lowest BCUT2D eigenvalue weighted by Crippen LogP contribution is -2.32. The molecule has 1 aromatic heterocycles. The molecule has 24 heavy (non-hydrogen) atoms. The zero-order valence-electron chi connectivity index (χ0n) is 13.1. The Morgan fingerprint density at radius 2 is 2.08 bits per heavy atom. The van der Waals surface area contributed by atoms with Crippen LogP contribution < -0.4 is 5.32 Å². The molecule has 0 bridgehead atoms. The van der Waals surface area contributed by atoms with E-state index in [1.807, 2.05) is 12.1 Å². The number of nitrogens with one attached hydrogen (secondary N) is 1.